The van der Waals surface area contributed by atoms with Crippen LogP contribution in [0.3, 0.4) is 0 Å². The second-order valence-corrected chi connectivity index (χ2v) is 35.2. The Labute approximate surface area is 820 Å². The summed E-state index contributed by atoms with van der Waals surface area (Å²) in [6.07, 6.45) is 123. The van der Waals surface area contributed by atoms with Gasteiger partial charge in [-0.2, -0.15) is 13.5 Å². The van der Waals surface area contributed by atoms with Crippen LogP contribution in [0.4, 0.5) is 0 Å². The average molecular weight is 2010 g/mol. The van der Waals surface area contributed by atoms with Gasteiger partial charge in [-0.3, -0.25) is 19.2 Å². The van der Waals surface area contributed by atoms with Crippen LogP contribution in [0.15, 0.2) is 48.6 Å². The molecule has 0 fully saturated rings. The number of allylic oxidation sites excluding steroid dienone is 8. The molecule has 0 aliphatic carbocycles. The van der Waals surface area contributed by atoms with E-state index >= 15 is 0 Å². The molecule has 4 radical (unpaired) electrons. The van der Waals surface area contributed by atoms with Crippen molar-refractivity contribution in [1.29, 1.82) is 0 Å². The van der Waals surface area contributed by atoms with Gasteiger partial charge in [0.1, 0.15) is 0 Å². The summed E-state index contributed by atoms with van der Waals surface area (Å²) >= 11 is 19.0. The number of ether oxygens (including phenoxy) is 4. The zero-order valence-corrected chi connectivity index (χ0v) is 89.2. The van der Waals surface area contributed by atoms with Gasteiger partial charge in [0.25, 0.3) is 0 Å². The van der Waals surface area contributed by atoms with Crippen LogP contribution in [-0.4, -0.2) is 121 Å². The van der Waals surface area contributed by atoms with Crippen molar-refractivity contribution < 1.29 is 38.1 Å². The van der Waals surface area contributed by atoms with Gasteiger partial charge < -0.3 is 69.5 Å². The molecular weight excluding hydrogens is 1800 g/mol. The predicted molar refractivity (Wildman–Crippen MR) is 557 cm³/mol. The van der Waals surface area contributed by atoms with Crippen molar-refractivity contribution in [1.82, 2.24) is 0 Å². The van der Waals surface area contributed by atoms with E-state index in [1.54, 1.807) is 0 Å². The van der Waals surface area contributed by atoms with Crippen molar-refractivity contribution >= 4 is 136 Å². The Hall–Kier alpha value is 0.187. The minimum Gasteiger partial charge on any atom is -0.789 e. The molecule has 15 heteroatoms. The molecule has 0 aromatic heterocycles. The number of carbonyl (C=O) groups excluding carboxylic acids is 4. The Morgan fingerprint density at radius 2 is 0.281 bits per heavy atom. The summed E-state index contributed by atoms with van der Waals surface area (Å²) in [7, 11) is 0. The van der Waals surface area contributed by atoms with Crippen molar-refractivity contribution in [3.05, 3.63) is 48.6 Å². The number of unbranched alkanes of at least 4 members (excludes halogenated alkanes) is 68. The van der Waals surface area contributed by atoms with Gasteiger partial charge in [0.15, 0.2) is 0 Å². The van der Waals surface area contributed by atoms with Crippen molar-refractivity contribution in [2.45, 2.75) is 556 Å². The summed E-state index contributed by atoms with van der Waals surface area (Å²) in [6.45, 7) is 10.7. The molecule has 0 spiro atoms. The molecule has 0 N–H and O–H groups in total. The van der Waals surface area contributed by atoms with Gasteiger partial charge in [-0.25, -0.2) is 0 Å². The summed E-state index contributed by atoms with van der Waals surface area (Å²) < 4.78 is 19.9. The fraction of sp³-hybridized carbons (Fsp3) is 0.887. The molecule has 716 valence electrons. The number of hydrogen-bond donors (Lipinski definition) is 0. The third-order valence-electron chi connectivity index (χ3n) is 22.0. The Bertz CT molecular complexity index is 1710. The van der Waals surface area contributed by atoms with Crippen molar-refractivity contribution in [2.75, 3.05) is 49.4 Å². The first-order chi connectivity index (χ1) is 57.2. The van der Waals surface area contributed by atoms with E-state index < -0.39 is 0 Å². The molecular formula is C106H206O8S5Sn2. The van der Waals surface area contributed by atoms with Crippen molar-refractivity contribution in [3.8, 4) is 0 Å². The molecule has 0 saturated heterocycles. The third-order valence-corrected chi connectivity index (χ3v) is 22.6. The van der Waals surface area contributed by atoms with Gasteiger partial charge in [-0.05, 0) is 128 Å². The average Bonchev–Trinajstić information content (AvgIpc) is 1.07. The van der Waals surface area contributed by atoms with E-state index in [2.05, 4.69) is 76.3 Å². The van der Waals surface area contributed by atoms with Crippen LogP contribution in [0.1, 0.15) is 556 Å². The van der Waals surface area contributed by atoms with Crippen LogP contribution in [0.25, 0.3) is 0 Å². The summed E-state index contributed by atoms with van der Waals surface area (Å²) in [6, 6.07) is 0. The molecule has 0 unspecified atom stereocenters. The molecule has 8 nitrogen and oxygen atoms in total. The number of rotatable bonds is 92. The molecule has 0 heterocycles. The molecule has 0 aliphatic heterocycles. The SMILES string of the molecule is C.C.CCCCCCCCCCCC/C=C/CCCCCCCCCC(=O)OCC[S-].CCCCCCCCCCCC/C=C/CCCCCCCCCC(=O)OCC[S-].CCCCCCCCCCCC/C=C/CCCCCCCCCC(=O)OCC[S-].CCCCCCCCCCCC/C=C/CCCCCCCCCC(=O)OCC[S-].S.[Sn+2].[Sn+2]. The van der Waals surface area contributed by atoms with Crippen LogP contribution < -0.4 is 0 Å². The largest absolute Gasteiger partial charge is 2.00 e. The van der Waals surface area contributed by atoms with E-state index in [9.17, 15) is 19.2 Å². The fourth-order valence-electron chi connectivity index (χ4n) is 14.5. The molecule has 0 aromatic rings. The molecule has 121 heavy (non-hydrogen) atoms. The summed E-state index contributed by atoms with van der Waals surface area (Å²) in [5.41, 5.74) is 0. The topological polar surface area (TPSA) is 105 Å². The molecule has 0 amide bonds. The smallest absolute Gasteiger partial charge is 0.789 e. The maximum atomic E-state index is 11.3. The molecule has 0 atom stereocenters. The normalized spacial score (nSPS) is 10.9. The molecule has 0 aliphatic rings. The van der Waals surface area contributed by atoms with Crippen molar-refractivity contribution in [2.24, 2.45) is 0 Å². The van der Waals surface area contributed by atoms with Gasteiger partial charge in [0.2, 0.25) is 0 Å². The second kappa shape index (κ2) is 136. The van der Waals surface area contributed by atoms with E-state index in [0.717, 1.165) is 51.4 Å². The van der Waals surface area contributed by atoms with Crippen molar-refractivity contribution in [3.63, 3.8) is 0 Å². The Morgan fingerprint density at radius 3 is 0.388 bits per heavy atom. The van der Waals surface area contributed by atoms with Gasteiger partial charge >= 0.3 is 71.7 Å². The van der Waals surface area contributed by atoms with Gasteiger partial charge in [0.05, 0.1) is 26.4 Å². The number of hydrogen-bond acceptors (Lipinski definition) is 12. The van der Waals surface area contributed by atoms with E-state index in [-0.39, 0.29) is 100 Å². The first kappa shape index (κ1) is 139. The predicted octanol–water partition coefficient (Wildman–Crippen LogP) is 34.4. The van der Waals surface area contributed by atoms with Crippen LogP contribution in [0, 0.1) is 0 Å². The number of esters is 4. The van der Waals surface area contributed by atoms with E-state index in [1.807, 2.05) is 0 Å². The minimum atomic E-state index is -0.0839. The van der Waals surface area contributed by atoms with E-state index in [4.69, 9.17) is 69.5 Å². The quantitative estimate of drug-likeness (QED) is 0.0145. The zero-order chi connectivity index (χ0) is 85.0. The second-order valence-electron chi connectivity index (χ2n) is 33.5. The van der Waals surface area contributed by atoms with Crippen LogP contribution >= 0.6 is 13.5 Å². The summed E-state index contributed by atoms with van der Waals surface area (Å²) in [5.74, 6) is 1.67. The zero-order valence-electron chi connectivity index (χ0n) is 79.2. The maximum Gasteiger partial charge on any atom is 2.00 e. The fourth-order valence-corrected chi connectivity index (χ4v) is 14.8. The molecule has 0 aromatic carbocycles. The van der Waals surface area contributed by atoms with Crippen LogP contribution in [0.2, 0.25) is 0 Å². The molecule has 0 rings (SSSR count). The molecule has 0 saturated carbocycles. The van der Waals surface area contributed by atoms with Crippen LogP contribution in [-0.2, 0) is 88.6 Å². The van der Waals surface area contributed by atoms with Crippen LogP contribution in [0.5, 0.6) is 0 Å². The van der Waals surface area contributed by atoms with E-state index in [1.165, 1.54) is 437 Å². The van der Waals surface area contributed by atoms with Gasteiger partial charge in [0, 0.05) is 25.7 Å². The summed E-state index contributed by atoms with van der Waals surface area (Å²) in [5, 5.41) is 0. The number of carbonyl (C=O) groups is 4. The minimum absolute atomic E-state index is 0. The molecule has 0 bridgehead atoms. The maximum absolute atomic E-state index is 11.3. The Kier molecular flexibility index (Phi) is 156. The first-order valence-electron chi connectivity index (χ1n) is 50.8. The Morgan fingerprint density at radius 1 is 0.182 bits per heavy atom. The standard InChI is InChI=1S/4C26H50O2S.2CH4.H2S.2Sn/c4*1-2-3-4-5-6-7-8-9-10-11-12-13-14-15-16-17-18-19-20-21-22-23-26(27)28-24-25-29;;;;;/h4*13-14,29H,2-12,15-25H2,1H3;2*1H4;1H2;;/q;;;;;;;2*+2/p-4/b4*14-13+;;;;;. The summed E-state index contributed by atoms with van der Waals surface area (Å²) in [4.78, 5) is 45.3. The monoisotopic (exact) mass is 2010 g/mol. The van der Waals surface area contributed by atoms with Gasteiger partial charge in [-0.15, -0.1) is 23.0 Å². The van der Waals surface area contributed by atoms with E-state index in [0.29, 0.717) is 75.1 Å². The van der Waals surface area contributed by atoms with Gasteiger partial charge in [-0.1, -0.05) is 451 Å². The first-order valence-corrected chi connectivity index (χ1v) is 53.1. The Balaban J connectivity index is -0.000000195. The third kappa shape index (κ3) is 143.